The molecule has 1 aromatic rings. The standard InChI is InChI=1S/C17H26N2O/c1-13-5-8-16-14(10-13)4-3-9-19(16)11-17(2,12-20)18-15-6-7-15/h5,8,10,15,18,20H,3-4,6-7,9,11-12H2,1-2H3. The van der Waals surface area contributed by atoms with Crippen molar-refractivity contribution in [2.75, 3.05) is 24.6 Å². The summed E-state index contributed by atoms with van der Waals surface area (Å²) in [6, 6.07) is 7.38. The Morgan fingerprint density at radius 3 is 2.90 bits per heavy atom. The van der Waals surface area contributed by atoms with Gasteiger partial charge in [-0.15, -0.1) is 0 Å². The summed E-state index contributed by atoms with van der Waals surface area (Å²) in [7, 11) is 0. The van der Waals surface area contributed by atoms with Gasteiger partial charge in [-0.05, 0) is 51.2 Å². The fourth-order valence-corrected chi connectivity index (χ4v) is 3.25. The van der Waals surface area contributed by atoms with Crippen molar-refractivity contribution in [1.29, 1.82) is 0 Å². The zero-order chi connectivity index (χ0) is 14.2. The molecular weight excluding hydrogens is 248 g/mol. The molecule has 3 heteroatoms. The van der Waals surface area contributed by atoms with Gasteiger partial charge in [0.05, 0.1) is 12.1 Å². The molecule has 1 aliphatic heterocycles. The molecule has 1 atom stereocenters. The minimum atomic E-state index is -0.194. The highest BCUT2D eigenvalue weighted by atomic mass is 16.3. The maximum atomic E-state index is 9.80. The first-order valence-electron chi connectivity index (χ1n) is 7.83. The number of aliphatic hydroxyl groups excluding tert-OH is 1. The molecule has 1 aliphatic carbocycles. The number of aliphatic hydroxyl groups is 1. The van der Waals surface area contributed by atoms with Crippen LogP contribution in [-0.2, 0) is 6.42 Å². The molecule has 1 saturated carbocycles. The number of anilines is 1. The predicted octanol–water partition coefficient (Wildman–Crippen LogP) is 2.25. The van der Waals surface area contributed by atoms with Crippen molar-refractivity contribution in [2.24, 2.45) is 0 Å². The zero-order valence-electron chi connectivity index (χ0n) is 12.7. The summed E-state index contributed by atoms with van der Waals surface area (Å²) in [6.07, 6.45) is 4.90. The molecule has 2 N–H and O–H groups in total. The van der Waals surface area contributed by atoms with E-state index in [-0.39, 0.29) is 12.1 Å². The Kier molecular flexibility index (Phi) is 3.74. The van der Waals surface area contributed by atoms with E-state index in [1.54, 1.807) is 0 Å². The highest BCUT2D eigenvalue weighted by Gasteiger charge is 2.34. The second kappa shape index (κ2) is 5.38. The van der Waals surface area contributed by atoms with E-state index in [0.717, 1.165) is 13.1 Å². The smallest absolute Gasteiger partial charge is 0.0628 e. The van der Waals surface area contributed by atoms with E-state index in [1.807, 2.05) is 0 Å². The van der Waals surface area contributed by atoms with Crippen LogP contribution in [0.3, 0.4) is 0 Å². The van der Waals surface area contributed by atoms with Crippen molar-refractivity contribution in [1.82, 2.24) is 5.32 Å². The summed E-state index contributed by atoms with van der Waals surface area (Å²) in [5.74, 6) is 0. The number of hydrogen-bond donors (Lipinski definition) is 2. The van der Waals surface area contributed by atoms with Crippen molar-refractivity contribution in [2.45, 2.75) is 51.1 Å². The van der Waals surface area contributed by atoms with E-state index in [1.165, 1.54) is 42.5 Å². The molecule has 110 valence electrons. The molecule has 0 amide bonds. The molecule has 3 nitrogen and oxygen atoms in total. The Labute approximate surface area is 122 Å². The molecule has 2 aliphatic rings. The van der Waals surface area contributed by atoms with Crippen LogP contribution in [0.2, 0.25) is 0 Å². The van der Waals surface area contributed by atoms with Gasteiger partial charge in [0.25, 0.3) is 0 Å². The van der Waals surface area contributed by atoms with Gasteiger partial charge >= 0.3 is 0 Å². The minimum Gasteiger partial charge on any atom is -0.394 e. The molecule has 0 radical (unpaired) electrons. The molecule has 3 rings (SSSR count). The van der Waals surface area contributed by atoms with E-state index in [0.29, 0.717) is 6.04 Å². The van der Waals surface area contributed by atoms with Crippen LogP contribution in [0.25, 0.3) is 0 Å². The lowest BCUT2D eigenvalue weighted by Gasteiger charge is -2.39. The number of aryl methyl sites for hydroxylation is 2. The van der Waals surface area contributed by atoms with Gasteiger partial charge in [0.15, 0.2) is 0 Å². The Morgan fingerprint density at radius 1 is 1.40 bits per heavy atom. The maximum absolute atomic E-state index is 9.80. The number of rotatable bonds is 5. The van der Waals surface area contributed by atoms with Gasteiger partial charge in [-0.25, -0.2) is 0 Å². The molecule has 1 aromatic carbocycles. The summed E-state index contributed by atoms with van der Waals surface area (Å²) in [5, 5.41) is 13.4. The summed E-state index contributed by atoms with van der Waals surface area (Å²) in [6.45, 7) is 6.48. The van der Waals surface area contributed by atoms with Crippen molar-refractivity contribution < 1.29 is 5.11 Å². The van der Waals surface area contributed by atoms with Crippen LogP contribution in [0.1, 0.15) is 37.3 Å². The van der Waals surface area contributed by atoms with Gasteiger partial charge in [0.1, 0.15) is 0 Å². The summed E-state index contributed by atoms with van der Waals surface area (Å²) in [5.41, 5.74) is 3.97. The minimum absolute atomic E-state index is 0.194. The predicted molar refractivity (Wildman–Crippen MR) is 83.4 cm³/mol. The zero-order valence-corrected chi connectivity index (χ0v) is 12.7. The maximum Gasteiger partial charge on any atom is 0.0628 e. The average molecular weight is 274 g/mol. The molecular formula is C17H26N2O. The first-order chi connectivity index (χ1) is 9.59. The Morgan fingerprint density at radius 2 is 2.20 bits per heavy atom. The fourth-order valence-electron chi connectivity index (χ4n) is 3.25. The van der Waals surface area contributed by atoms with Gasteiger partial charge in [-0.2, -0.15) is 0 Å². The van der Waals surface area contributed by atoms with Crippen LogP contribution in [0.4, 0.5) is 5.69 Å². The second-order valence-corrected chi connectivity index (χ2v) is 6.79. The van der Waals surface area contributed by atoms with Crippen LogP contribution in [-0.4, -0.2) is 36.4 Å². The van der Waals surface area contributed by atoms with Crippen molar-refractivity contribution in [3.8, 4) is 0 Å². The summed E-state index contributed by atoms with van der Waals surface area (Å²) < 4.78 is 0. The average Bonchev–Trinajstić information content (AvgIpc) is 3.22. The first kappa shape index (κ1) is 13.9. The van der Waals surface area contributed by atoms with Crippen LogP contribution in [0, 0.1) is 6.92 Å². The molecule has 1 fully saturated rings. The Hall–Kier alpha value is -1.06. The van der Waals surface area contributed by atoms with Gasteiger partial charge in [-0.3, -0.25) is 0 Å². The number of nitrogens with one attached hydrogen (secondary N) is 1. The number of nitrogens with zero attached hydrogens (tertiary/aromatic N) is 1. The fraction of sp³-hybridized carbons (Fsp3) is 0.647. The van der Waals surface area contributed by atoms with Crippen LogP contribution in [0.15, 0.2) is 18.2 Å². The van der Waals surface area contributed by atoms with Gasteiger partial charge in [0.2, 0.25) is 0 Å². The van der Waals surface area contributed by atoms with Crippen LogP contribution < -0.4 is 10.2 Å². The molecule has 20 heavy (non-hydrogen) atoms. The van der Waals surface area contributed by atoms with Gasteiger partial charge in [0, 0.05) is 24.8 Å². The molecule has 0 bridgehead atoms. The Bertz CT molecular complexity index is 484. The third kappa shape index (κ3) is 2.99. The van der Waals surface area contributed by atoms with Crippen LogP contribution >= 0.6 is 0 Å². The normalized spacial score (nSPS) is 21.4. The second-order valence-electron chi connectivity index (χ2n) is 6.79. The van der Waals surface area contributed by atoms with Crippen molar-refractivity contribution in [3.63, 3.8) is 0 Å². The van der Waals surface area contributed by atoms with Crippen molar-refractivity contribution in [3.05, 3.63) is 29.3 Å². The highest BCUT2D eigenvalue weighted by Crippen LogP contribution is 2.30. The monoisotopic (exact) mass is 274 g/mol. The van der Waals surface area contributed by atoms with E-state index < -0.39 is 0 Å². The number of benzene rings is 1. The lowest BCUT2D eigenvalue weighted by atomic mass is 9.96. The Balaban J connectivity index is 1.77. The SMILES string of the molecule is Cc1ccc2c(c1)CCCN2CC(C)(CO)NC1CC1. The van der Waals surface area contributed by atoms with Gasteiger partial charge in [-0.1, -0.05) is 17.7 Å². The third-order valence-electron chi connectivity index (χ3n) is 4.47. The topological polar surface area (TPSA) is 35.5 Å². The lowest BCUT2D eigenvalue weighted by molar-refractivity contribution is 0.175. The van der Waals surface area contributed by atoms with Gasteiger partial charge < -0.3 is 15.3 Å². The lowest BCUT2D eigenvalue weighted by Crippen LogP contribution is -2.55. The number of fused-ring (bicyclic) bond motifs is 1. The van der Waals surface area contributed by atoms with E-state index >= 15 is 0 Å². The molecule has 0 saturated heterocycles. The van der Waals surface area contributed by atoms with Crippen molar-refractivity contribution >= 4 is 5.69 Å². The molecule has 1 unspecified atom stereocenters. The van der Waals surface area contributed by atoms with E-state index in [9.17, 15) is 5.11 Å². The van der Waals surface area contributed by atoms with E-state index in [4.69, 9.17) is 0 Å². The van der Waals surface area contributed by atoms with E-state index in [2.05, 4.69) is 42.3 Å². The highest BCUT2D eigenvalue weighted by molar-refractivity contribution is 5.57. The first-order valence-corrected chi connectivity index (χ1v) is 7.83. The molecule has 0 spiro atoms. The molecule has 0 aromatic heterocycles. The molecule has 1 heterocycles. The largest absolute Gasteiger partial charge is 0.394 e. The quantitative estimate of drug-likeness (QED) is 0.864. The summed E-state index contributed by atoms with van der Waals surface area (Å²) >= 11 is 0. The summed E-state index contributed by atoms with van der Waals surface area (Å²) in [4.78, 5) is 2.45. The third-order valence-corrected chi connectivity index (χ3v) is 4.47. The number of hydrogen-bond acceptors (Lipinski definition) is 3. The van der Waals surface area contributed by atoms with Crippen LogP contribution in [0.5, 0.6) is 0 Å².